The zero-order valence-corrected chi connectivity index (χ0v) is 25.5. The molecule has 2 aromatic rings. The van der Waals surface area contributed by atoms with Crippen LogP contribution in [0.1, 0.15) is 57.7 Å². The van der Waals surface area contributed by atoms with Crippen molar-refractivity contribution >= 4 is 29.1 Å². The molecule has 4 N–H and O–H groups in total. The number of ether oxygens (including phenoxy) is 2. The predicted octanol–water partition coefficient (Wildman–Crippen LogP) is 4.35. The number of hydrogen-bond acceptors (Lipinski definition) is 10. The molecular weight excluding hydrogens is 568 g/mol. The molecule has 0 bridgehead atoms. The molecule has 0 aliphatic heterocycles. The van der Waals surface area contributed by atoms with E-state index in [2.05, 4.69) is 0 Å². The summed E-state index contributed by atoms with van der Waals surface area (Å²) in [6.07, 6.45) is -0.209. The summed E-state index contributed by atoms with van der Waals surface area (Å²) in [7, 11) is 1.52. The summed E-state index contributed by atoms with van der Waals surface area (Å²) in [5.74, 6) is -5.63. The highest BCUT2D eigenvalue weighted by Gasteiger charge is 2.72. The van der Waals surface area contributed by atoms with Crippen LogP contribution in [0.15, 0.2) is 53.3 Å². The molecule has 0 spiro atoms. The van der Waals surface area contributed by atoms with E-state index in [1.165, 1.54) is 13.2 Å². The third kappa shape index (κ3) is 4.26. The van der Waals surface area contributed by atoms with Gasteiger partial charge < -0.3 is 29.9 Å². The number of hydrogen-bond donors (Lipinski definition) is 4. The molecule has 232 valence electrons. The maximum Gasteiger partial charge on any atom is 0.315 e. The van der Waals surface area contributed by atoms with Gasteiger partial charge in [-0.2, -0.15) is 0 Å². The second-order valence-electron chi connectivity index (χ2n) is 12.9. The first-order valence-electron chi connectivity index (χ1n) is 14.4. The van der Waals surface area contributed by atoms with Crippen molar-refractivity contribution in [2.24, 2.45) is 22.7 Å². The van der Waals surface area contributed by atoms with Crippen LogP contribution in [-0.2, 0) is 32.0 Å². The van der Waals surface area contributed by atoms with E-state index >= 15 is 0 Å². The fourth-order valence-corrected chi connectivity index (χ4v) is 7.91. The zero-order chi connectivity index (χ0) is 32.5. The number of carbonyl (C=O) groups excluding carboxylic acids is 4. The van der Waals surface area contributed by atoms with Gasteiger partial charge in [-0.1, -0.05) is 33.8 Å². The number of aliphatic hydroxyl groups excluding tert-OH is 2. The fraction of sp³-hybridized carbons (Fsp3) is 0.412. The monoisotopic (exact) mass is 604 g/mol. The molecule has 0 heterocycles. The third-order valence-electron chi connectivity index (χ3n) is 9.61. The summed E-state index contributed by atoms with van der Waals surface area (Å²) in [5.41, 5.74) is -5.53. The average molecular weight is 605 g/mol. The standard InChI is InChI=1S/C34H36O10/c1-16(2)26-28(38)24(17(3)35)30(40)34(42)31(41)27-29(39)25-21(14-32(27,4)15-33(26,34)5)18(7-12-22(25)36)13-23(37)44-20-10-8-19(43-6)9-11-20/h7-12,16,26,36,39-40,42H,13-15H2,1-6H3/t26?,32-,33-,34+/m1/s1. The molecule has 3 aliphatic carbocycles. The van der Waals surface area contributed by atoms with E-state index in [-0.39, 0.29) is 36.1 Å². The summed E-state index contributed by atoms with van der Waals surface area (Å²) >= 11 is 0. The van der Waals surface area contributed by atoms with Crippen LogP contribution in [0.3, 0.4) is 0 Å². The number of aliphatic hydroxyl groups is 3. The average Bonchev–Trinajstić information content (AvgIpc) is 2.92. The molecule has 1 saturated carbocycles. The summed E-state index contributed by atoms with van der Waals surface area (Å²) in [6.45, 7) is 7.81. The molecule has 10 heteroatoms. The number of rotatable bonds is 6. The Kier molecular flexibility index (Phi) is 7.28. The van der Waals surface area contributed by atoms with Crippen molar-refractivity contribution in [3.63, 3.8) is 0 Å². The van der Waals surface area contributed by atoms with Gasteiger partial charge in [-0.3, -0.25) is 19.2 Å². The Morgan fingerprint density at radius 1 is 1.00 bits per heavy atom. The number of fused-ring (bicyclic) bond motifs is 3. The van der Waals surface area contributed by atoms with E-state index in [0.29, 0.717) is 22.6 Å². The largest absolute Gasteiger partial charge is 0.508 e. The molecule has 3 aliphatic rings. The molecule has 1 unspecified atom stereocenters. The normalized spacial score (nSPS) is 28.0. The Labute approximate surface area is 254 Å². The molecule has 5 rings (SSSR count). The van der Waals surface area contributed by atoms with E-state index in [9.17, 15) is 39.6 Å². The highest BCUT2D eigenvalue weighted by Crippen LogP contribution is 2.65. The second-order valence-corrected chi connectivity index (χ2v) is 12.9. The lowest BCUT2D eigenvalue weighted by Gasteiger charge is -2.59. The quantitative estimate of drug-likeness (QED) is 0.211. The highest BCUT2D eigenvalue weighted by molar-refractivity contribution is 6.24. The lowest BCUT2D eigenvalue weighted by Crippen LogP contribution is -2.69. The predicted molar refractivity (Wildman–Crippen MR) is 158 cm³/mol. The number of phenolic OH excluding ortho intramolecular Hbond substituents is 1. The summed E-state index contributed by atoms with van der Waals surface area (Å²) < 4.78 is 10.6. The van der Waals surface area contributed by atoms with Gasteiger partial charge in [-0.15, -0.1) is 0 Å². The van der Waals surface area contributed by atoms with E-state index in [0.717, 1.165) is 6.92 Å². The van der Waals surface area contributed by atoms with E-state index < -0.39 is 68.7 Å². The first-order chi connectivity index (χ1) is 20.5. The van der Waals surface area contributed by atoms with Gasteiger partial charge in [0.05, 0.1) is 19.1 Å². The minimum absolute atomic E-state index is 0.0453. The van der Waals surface area contributed by atoms with Gasteiger partial charge in [0.15, 0.2) is 17.2 Å². The van der Waals surface area contributed by atoms with E-state index in [1.54, 1.807) is 58.0 Å². The number of esters is 1. The number of methoxy groups -OCH3 is 1. The van der Waals surface area contributed by atoms with Gasteiger partial charge in [0.1, 0.15) is 34.3 Å². The van der Waals surface area contributed by atoms with Crippen LogP contribution in [0.4, 0.5) is 0 Å². The summed E-state index contributed by atoms with van der Waals surface area (Å²) in [4.78, 5) is 53.5. The molecule has 44 heavy (non-hydrogen) atoms. The second kappa shape index (κ2) is 10.3. The zero-order valence-electron chi connectivity index (χ0n) is 25.5. The summed E-state index contributed by atoms with van der Waals surface area (Å²) in [5, 5.41) is 45.9. The number of benzene rings is 2. The van der Waals surface area contributed by atoms with Crippen LogP contribution in [0, 0.1) is 22.7 Å². The fourth-order valence-electron chi connectivity index (χ4n) is 7.91. The van der Waals surface area contributed by atoms with Crippen molar-refractivity contribution in [1.29, 1.82) is 0 Å². The van der Waals surface area contributed by atoms with Crippen LogP contribution >= 0.6 is 0 Å². The van der Waals surface area contributed by atoms with Gasteiger partial charge in [0.2, 0.25) is 5.78 Å². The maximum absolute atomic E-state index is 14.4. The maximum atomic E-state index is 14.4. The highest BCUT2D eigenvalue weighted by atomic mass is 16.5. The SMILES string of the molecule is COc1ccc(OC(=O)Cc2ccc(O)c3c2C[C@]2(C)C[C@]4(C)C(C(C)C)C(=O)C(C(C)=O)=C(O)[C@]4(O)C(=O)C2=C3O)cc1. The summed E-state index contributed by atoms with van der Waals surface area (Å²) in [6, 6.07) is 9.29. The molecule has 0 aromatic heterocycles. The smallest absolute Gasteiger partial charge is 0.315 e. The number of Topliss-reactive ketones (excluding diaryl/α,β-unsaturated/α-hetero) is 3. The van der Waals surface area contributed by atoms with Gasteiger partial charge in [-0.05, 0) is 67.1 Å². The van der Waals surface area contributed by atoms with Gasteiger partial charge in [0.25, 0.3) is 0 Å². The Morgan fingerprint density at radius 2 is 1.61 bits per heavy atom. The molecule has 0 amide bonds. The first-order valence-corrected chi connectivity index (χ1v) is 14.4. The molecular formula is C34H36O10. The Morgan fingerprint density at radius 3 is 2.18 bits per heavy atom. The molecule has 0 radical (unpaired) electrons. The molecule has 0 saturated heterocycles. The van der Waals surface area contributed by atoms with Gasteiger partial charge in [-0.25, -0.2) is 0 Å². The van der Waals surface area contributed by atoms with Crippen molar-refractivity contribution in [1.82, 2.24) is 0 Å². The van der Waals surface area contributed by atoms with Gasteiger partial charge in [0, 0.05) is 22.3 Å². The van der Waals surface area contributed by atoms with Crippen molar-refractivity contribution in [2.75, 3.05) is 7.11 Å². The number of ketones is 3. The number of aromatic hydroxyl groups is 1. The Bertz CT molecular complexity index is 1680. The van der Waals surface area contributed by atoms with Crippen molar-refractivity contribution in [3.8, 4) is 17.2 Å². The molecule has 2 aromatic carbocycles. The van der Waals surface area contributed by atoms with Crippen molar-refractivity contribution in [3.05, 3.63) is 70.0 Å². The van der Waals surface area contributed by atoms with Crippen LogP contribution in [-0.4, -0.2) is 56.5 Å². The van der Waals surface area contributed by atoms with E-state index in [1.807, 2.05) is 0 Å². The lowest BCUT2D eigenvalue weighted by atomic mass is 9.43. The Hall–Kier alpha value is -4.44. The number of allylic oxidation sites excluding steroid dienone is 1. The van der Waals surface area contributed by atoms with Gasteiger partial charge >= 0.3 is 5.97 Å². The van der Waals surface area contributed by atoms with Crippen LogP contribution < -0.4 is 9.47 Å². The number of carbonyl (C=O) groups is 4. The first kappa shape index (κ1) is 31.0. The van der Waals surface area contributed by atoms with Crippen molar-refractivity contribution < 1.29 is 49.1 Å². The van der Waals surface area contributed by atoms with E-state index in [4.69, 9.17) is 9.47 Å². The van der Waals surface area contributed by atoms with Crippen molar-refractivity contribution in [2.45, 2.75) is 59.5 Å². The lowest BCUT2D eigenvalue weighted by molar-refractivity contribution is -0.178. The Balaban J connectivity index is 1.63. The van der Waals surface area contributed by atoms with Crippen LogP contribution in [0.2, 0.25) is 0 Å². The topological polar surface area (TPSA) is 168 Å². The molecule has 10 nitrogen and oxygen atoms in total. The third-order valence-corrected chi connectivity index (χ3v) is 9.61. The number of phenols is 1. The minimum Gasteiger partial charge on any atom is -0.508 e. The molecule has 1 fully saturated rings. The molecule has 4 atom stereocenters. The minimum atomic E-state index is -2.69. The van der Waals surface area contributed by atoms with Crippen LogP contribution in [0.25, 0.3) is 5.76 Å². The van der Waals surface area contributed by atoms with Crippen LogP contribution in [0.5, 0.6) is 17.2 Å².